The van der Waals surface area contributed by atoms with Crippen molar-refractivity contribution in [1.29, 1.82) is 0 Å². The molecule has 1 atom stereocenters. The van der Waals surface area contributed by atoms with Crippen LogP contribution >= 0.6 is 11.6 Å². The first-order valence-corrected chi connectivity index (χ1v) is 9.91. The summed E-state index contributed by atoms with van der Waals surface area (Å²) in [6.45, 7) is 2.14. The van der Waals surface area contributed by atoms with E-state index in [-0.39, 0.29) is 31.8 Å². The van der Waals surface area contributed by atoms with Crippen molar-refractivity contribution < 1.29 is 18.0 Å². The second kappa shape index (κ2) is 6.04. The molecule has 0 N–H and O–H groups in total. The number of piperidine rings is 1. The Bertz CT molecular complexity index is 756. The number of alkyl halides is 1. The Morgan fingerprint density at radius 3 is 2.33 bits per heavy atom. The van der Waals surface area contributed by atoms with Gasteiger partial charge in [-0.25, -0.2) is 8.42 Å². The van der Waals surface area contributed by atoms with Gasteiger partial charge in [-0.1, -0.05) is 18.2 Å². The number of nitrogens with zero attached hydrogens (tertiary/aromatic N) is 2. The molecule has 1 spiro atoms. The Labute approximate surface area is 146 Å². The van der Waals surface area contributed by atoms with Crippen molar-refractivity contribution in [1.82, 2.24) is 4.90 Å². The molecule has 8 heteroatoms. The van der Waals surface area contributed by atoms with Crippen LogP contribution < -0.4 is 4.90 Å². The third-order valence-corrected chi connectivity index (χ3v) is 7.32. The van der Waals surface area contributed by atoms with Crippen molar-refractivity contribution in [2.75, 3.05) is 23.7 Å². The number of carbonyl (C=O) groups excluding carboxylic acids is 2. The van der Waals surface area contributed by atoms with Crippen LogP contribution in [0.25, 0.3) is 0 Å². The number of hydrogen-bond acceptors (Lipinski definition) is 4. The third kappa shape index (κ3) is 2.59. The lowest BCUT2D eigenvalue weighted by molar-refractivity contribution is -0.131. The lowest BCUT2D eigenvalue weighted by atomic mass is 10.0. The van der Waals surface area contributed by atoms with Gasteiger partial charge in [0.2, 0.25) is 11.8 Å². The molecule has 0 radical (unpaired) electrons. The van der Waals surface area contributed by atoms with Crippen LogP contribution in [0.15, 0.2) is 30.3 Å². The van der Waals surface area contributed by atoms with Crippen molar-refractivity contribution >= 4 is 38.9 Å². The summed E-state index contributed by atoms with van der Waals surface area (Å²) in [5.41, 5.74) is 0.578. The van der Waals surface area contributed by atoms with E-state index in [4.69, 9.17) is 11.6 Å². The summed E-state index contributed by atoms with van der Waals surface area (Å²) in [5.74, 6) is -1.10. The van der Waals surface area contributed by atoms with E-state index in [1.54, 1.807) is 36.1 Å². The molecule has 1 aromatic rings. The zero-order chi connectivity index (χ0) is 17.5. The highest BCUT2D eigenvalue weighted by Crippen LogP contribution is 2.42. The summed E-state index contributed by atoms with van der Waals surface area (Å²) >= 11 is 5.84. The Hall–Kier alpha value is -1.60. The maximum atomic E-state index is 12.8. The molecule has 3 rings (SSSR count). The molecule has 1 aromatic carbocycles. The largest absolute Gasteiger partial charge is 0.341 e. The van der Waals surface area contributed by atoms with Gasteiger partial charge in [0.15, 0.2) is 14.7 Å². The highest BCUT2D eigenvalue weighted by molar-refractivity contribution is 7.94. The van der Waals surface area contributed by atoms with Crippen LogP contribution in [-0.4, -0.2) is 54.2 Å². The molecule has 0 bridgehead atoms. The van der Waals surface area contributed by atoms with Crippen molar-refractivity contribution in [2.45, 2.75) is 30.0 Å². The van der Waals surface area contributed by atoms with Gasteiger partial charge in [-0.3, -0.25) is 14.5 Å². The minimum absolute atomic E-state index is 0.200. The molecule has 0 aromatic heterocycles. The zero-order valence-corrected chi connectivity index (χ0v) is 14.9. The number of amides is 2. The number of anilines is 1. The van der Waals surface area contributed by atoms with Gasteiger partial charge in [0.05, 0.1) is 0 Å². The molecule has 0 saturated carbocycles. The van der Waals surface area contributed by atoms with Crippen LogP contribution in [0.5, 0.6) is 0 Å². The van der Waals surface area contributed by atoms with E-state index < -0.39 is 31.7 Å². The van der Waals surface area contributed by atoms with E-state index in [2.05, 4.69) is 0 Å². The smallest absolute Gasteiger partial charge is 0.243 e. The predicted octanol–water partition coefficient (Wildman–Crippen LogP) is 1.39. The quantitative estimate of drug-likeness (QED) is 0.737. The number of halogens is 1. The number of benzene rings is 1. The van der Waals surface area contributed by atoms with Gasteiger partial charge in [-0.2, -0.15) is 0 Å². The van der Waals surface area contributed by atoms with Crippen LogP contribution in [0.1, 0.15) is 19.8 Å². The second-order valence-corrected chi connectivity index (χ2v) is 9.14. The van der Waals surface area contributed by atoms with E-state index in [1.807, 2.05) is 6.07 Å². The van der Waals surface area contributed by atoms with Gasteiger partial charge in [0.25, 0.3) is 0 Å². The molecule has 2 aliphatic heterocycles. The molecular weight excluding hydrogens is 352 g/mol. The number of rotatable bonds is 2. The molecule has 2 amide bonds. The average molecular weight is 371 g/mol. The molecule has 2 saturated heterocycles. The first-order valence-electron chi connectivity index (χ1n) is 7.82. The normalized spacial score (nSPS) is 23.5. The standard InChI is InChI=1S/C16H19ClN2O4S/c1-12(17)15(21)18-9-7-16(8-10-18)19(13-5-3-2-4-6-13)14(20)11-24(16,22)23/h2-6,12H,7-11H2,1H3. The lowest BCUT2D eigenvalue weighted by Gasteiger charge is -2.43. The molecule has 130 valence electrons. The SMILES string of the molecule is CC(Cl)C(=O)N1CCC2(CC1)N(c1ccccc1)C(=O)CS2(=O)=O. The summed E-state index contributed by atoms with van der Waals surface area (Å²) < 4.78 is 25.5. The number of hydrogen-bond donors (Lipinski definition) is 0. The lowest BCUT2D eigenvalue weighted by Crippen LogP contribution is -2.57. The minimum atomic E-state index is -3.62. The van der Waals surface area contributed by atoms with Gasteiger partial charge < -0.3 is 4.90 Å². The predicted molar refractivity (Wildman–Crippen MR) is 91.6 cm³/mol. The van der Waals surface area contributed by atoms with Crippen LogP contribution in [0, 0.1) is 0 Å². The highest BCUT2D eigenvalue weighted by Gasteiger charge is 2.59. The fourth-order valence-electron chi connectivity index (χ4n) is 3.55. The van der Waals surface area contributed by atoms with Crippen molar-refractivity contribution in [2.24, 2.45) is 0 Å². The summed E-state index contributed by atoms with van der Waals surface area (Å²) in [5, 5.41) is -0.647. The number of likely N-dealkylation sites (tertiary alicyclic amines) is 1. The number of carbonyl (C=O) groups is 2. The van der Waals surface area contributed by atoms with Gasteiger partial charge in [0.1, 0.15) is 11.1 Å². The third-order valence-electron chi connectivity index (χ3n) is 4.76. The monoisotopic (exact) mass is 370 g/mol. The van der Waals surface area contributed by atoms with Gasteiger partial charge in [-0.05, 0) is 19.1 Å². The van der Waals surface area contributed by atoms with E-state index >= 15 is 0 Å². The molecule has 2 heterocycles. The molecular formula is C16H19ClN2O4S. The maximum Gasteiger partial charge on any atom is 0.243 e. The first kappa shape index (κ1) is 17.2. The van der Waals surface area contributed by atoms with Crippen molar-refractivity contribution in [3.05, 3.63) is 30.3 Å². The summed E-state index contributed by atoms with van der Waals surface area (Å²) in [6.07, 6.45) is 0.399. The Morgan fingerprint density at radius 1 is 1.21 bits per heavy atom. The topological polar surface area (TPSA) is 74.8 Å². The molecule has 6 nitrogen and oxygen atoms in total. The fraction of sp³-hybridized carbons (Fsp3) is 0.500. The van der Waals surface area contributed by atoms with E-state index in [0.29, 0.717) is 5.69 Å². The van der Waals surface area contributed by atoms with Gasteiger partial charge >= 0.3 is 0 Å². The Morgan fingerprint density at radius 2 is 1.79 bits per heavy atom. The van der Waals surface area contributed by atoms with Crippen LogP contribution in [0.2, 0.25) is 0 Å². The number of sulfone groups is 1. The maximum absolute atomic E-state index is 12.8. The number of para-hydroxylation sites is 1. The fourth-order valence-corrected chi connectivity index (χ4v) is 5.70. The van der Waals surface area contributed by atoms with Crippen LogP contribution in [-0.2, 0) is 19.4 Å². The first-order chi connectivity index (χ1) is 11.3. The van der Waals surface area contributed by atoms with Crippen LogP contribution in [0.3, 0.4) is 0 Å². The van der Waals surface area contributed by atoms with Crippen molar-refractivity contribution in [3.8, 4) is 0 Å². The average Bonchev–Trinajstić information content (AvgIpc) is 2.73. The second-order valence-electron chi connectivity index (χ2n) is 6.21. The molecule has 24 heavy (non-hydrogen) atoms. The van der Waals surface area contributed by atoms with E-state index in [1.165, 1.54) is 4.90 Å². The molecule has 0 aliphatic carbocycles. The highest BCUT2D eigenvalue weighted by atomic mass is 35.5. The van der Waals surface area contributed by atoms with Crippen molar-refractivity contribution in [3.63, 3.8) is 0 Å². The molecule has 2 aliphatic rings. The minimum Gasteiger partial charge on any atom is -0.341 e. The van der Waals surface area contributed by atoms with Gasteiger partial charge in [-0.15, -0.1) is 11.6 Å². The van der Waals surface area contributed by atoms with Gasteiger partial charge in [0, 0.05) is 31.6 Å². The summed E-state index contributed by atoms with van der Waals surface area (Å²) in [7, 11) is -3.62. The van der Waals surface area contributed by atoms with E-state index in [0.717, 1.165) is 0 Å². The molecule has 2 fully saturated rings. The zero-order valence-electron chi connectivity index (χ0n) is 13.3. The Balaban J connectivity index is 1.95. The van der Waals surface area contributed by atoms with Crippen LogP contribution in [0.4, 0.5) is 5.69 Å². The summed E-state index contributed by atoms with van der Waals surface area (Å²) in [6, 6.07) is 8.83. The summed E-state index contributed by atoms with van der Waals surface area (Å²) in [4.78, 5) is 26.2. The molecule has 1 unspecified atom stereocenters. The van der Waals surface area contributed by atoms with E-state index in [9.17, 15) is 18.0 Å². The Kier molecular flexibility index (Phi) is 4.34.